The molecule has 0 saturated heterocycles. The largest absolute Gasteiger partial charge is 0.399 e. The lowest BCUT2D eigenvalue weighted by molar-refractivity contribution is -0.121. The third-order valence-electron chi connectivity index (χ3n) is 5.71. The molecule has 1 aromatic carbocycles. The summed E-state index contributed by atoms with van der Waals surface area (Å²) in [4.78, 5) is 39.8. The summed E-state index contributed by atoms with van der Waals surface area (Å²) >= 11 is 0. The number of hydrogen-bond donors (Lipinski definition) is 2. The Morgan fingerprint density at radius 3 is 2.44 bits per heavy atom. The number of aryl methyl sites for hydroxylation is 1. The van der Waals surface area contributed by atoms with Crippen LogP contribution in [0.15, 0.2) is 79.5 Å². The molecule has 0 aliphatic rings. The number of rotatable bonds is 8. The van der Waals surface area contributed by atoms with Crippen molar-refractivity contribution < 1.29 is 9.59 Å². The van der Waals surface area contributed by atoms with Crippen LogP contribution in [0, 0.1) is 0 Å². The van der Waals surface area contributed by atoms with Crippen molar-refractivity contribution in [2.75, 3.05) is 19.8 Å². The molecule has 182 valence electrons. The van der Waals surface area contributed by atoms with Gasteiger partial charge in [-0.25, -0.2) is 0 Å². The minimum atomic E-state index is -0.160. The van der Waals surface area contributed by atoms with Crippen molar-refractivity contribution in [1.29, 1.82) is 0 Å². The number of nitrogens with two attached hydrogens (primary N) is 1. The second kappa shape index (κ2) is 11.2. The van der Waals surface area contributed by atoms with Crippen LogP contribution < -0.4 is 11.1 Å². The Balaban J connectivity index is 1.58. The summed E-state index contributed by atoms with van der Waals surface area (Å²) in [5.74, 6) is -0.261. The Kier molecular flexibility index (Phi) is 7.65. The average Bonchev–Trinajstić information content (AvgIpc) is 2.90. The van der Waals surface area contributed by atoms with E-state index in [1.54, 1.807) is 51.1 Å². The van der Waals surface area contributed by atoms with E-state index in [2.05, 4.69) is 20.3 Å². The van der Waals surface area contributed by atoms with Crippen LogP contribution >= 0.6 is 0 Å². The Morgan fingerprint density at radius 2 is 1.69 bits per heavy atom. The van der Waals surface area contributed by atoms with Crippen LogP contribution in [0.4, 0.5) is 5.69 Å². The van der Waals surface area contributed by atoms with Gasteiger partial charge in [-0.05, 0) is 59.5 Å². The normalized spacial score (nSPS) is 10.6. The standard InChI is InChI=1S/C28H28N6O2/c1-34(2)28(36)24-14-23(17-32-26(35)7-6-19-4-3-5-25(29)12-19)27(33-18-24)22-13-21(15-31-16-22)20-8-10-30-11-9-20/h3-5,8-16,18H,6-7,17,29H2,1-2H3,(H,32,35). The fourth-order valence-corrected chi connectivity index (χ4v) is 3.84. The van der Waals surface area contributed by atoms with Gasteiger partial charge in [-0.1, -0.05) is 12.1 Å². The van der Waals surface area contributed by atoms with Gasteiger partial charge in [0.1, 0.15) is 0 Å². The molecule has 4 rings (SSSR count). The summed E-state index contributed by atoms with van der Waals surface area (Å²) in [5, 5.41) is 2.97. The number of hydrogen-bond acceptors (Lipinski definition) is 6. The van der Waals surface area contributed by atoms with Crippen LogP contribution in [0.3, 0.4) is 0 Å². The van der Waals surface area contributed by atoms with Crippen molar-refractivity contribution in [3.8, 4) is 22.4 Å². The molecule has 0 saturated carbocycles. The van der Waals surface area contributed by atoms with Crippen molar-refractivity contribution in [3.05, 3.63) is 96.2 Å². The SMILES string of the molecule is CN(C)C(=O)c1cnc(-c2cncc(-c3ccncc3)c2)c(CNC(=O)CCc2cccc(N)c2)c1. The van der Waals surface area contributed by atoms with Crippen molar-refractivity contribution in [3.63, 3.8) is 0 Å². The number of nitrogens with zero attached hydrogens (tertiary/aromatic N) is 4. The molecule has 4 aromatic rings. The molecular weight excluding hydrogens is 452 g/mol. The summed E-state index contributed by atoms with van der Waals surface area (Å²) in [6.07, 6.45) is 9.42. The van der Waals surface area contributed by atoms with E-state index in [0.29, 0.717) is 29.8 Å². The van der Waals surface area contributed by atoms with Crippen LogP contribution in [0.25, 0.3) is 22.4 Å². The van der Waals surface area contributed by atoms with Crippen molar-refractivity contribution in [1.82, 2.24) is 25.2 Å². The zero-order valence-electron chi connectivity index (χ0n) is 20.3. The van der Waals surface area contributed by atoms with E-state index in [1.807, 2.05) is 42.5 Å². The summed E-state index contributed by atoms with van der Waals surface area (Å²) in [7, 11) is 3.38. The number of nitrogen functional groups attached to an aromatic ring is 1. The number of anilines is 1. The van der Waals surface area contributed by atoms with Gasteiger partial charge in [-0.3, -0.25) is 24.5 Å². The molecule has 8 nitrogen and oxygen atoms in total. The molecular formula is C28H28N6O2. The molecule has 36 heavy (non-hydrogen) atoms. The fourth-order valence-electron chi connectivity index (χ4n) is 3.84. The quantitative estimate of drug-likeness (QED) is 0.372. The lowest BCUT2D eigenvalue weighted by atomic mass is 10.0. The van der Waals surface area contributed by atoms with E-state index in [0.717, 1.165) is 27.8 Å². The first-order valence-corrected chi connectivity index (χ1v) is 11.6. The molecule has 2 amide bonds. The summed E-state index contributed by atoms with van der Waals surface area (Å²) in [6.45, 7) is 0.228. The summed E-state index contributed by atoms with van der Waals surface area (Å²) in [5.41, 5.74) is 12.0. The van der Waals surface area contributed by atoms with E-state index < -0.39 is 0 Å². The molecule has 0 spiro atoms. The maximum atomic E-state index is 12.6. The number of nitrogens with one attached hydrogen (secondary N) is 1. The van der Waals surface area contributed by atoms with E-state index in [9.17, 15) is 9.59 Å². The Labute approximate surface area is 210 Å². The molecule has 0 aliphatic heterocycles. The summed E-state index contributed by atoms with van der Waals surface area (Å²) in [6, 6.07) is 15.1. The van der Waals surface area contributed by atoms with Crippen molar-refractivity contribution in [2.24, 2.45) is 0 Å². The van der Waals surface area contributed by atoms with E-state index >= 15 is 0 Å². The van der Waals surface area contributed by atoms with Gasteiger partial charge in [-0.2, -0.15) is 0 Å². The second-order valence-electron chi connectivity index (χ2n) is 8.65. The van der Waals surface area contributed by atoms with E-state index in [4.69, 9.17) is 5.73 Å². The molecule has 3 heterocycles. The van der Waals surface area contributed by atoms with Gasteiger partial charge < -0.3 is 16.0 Å². The number of carbonyl (C=O) groups is 2. The molecule has 0 radical (unpaired) electrons. The number of aromatic nitrogens is 3. The smallest absolute Gasteiger partial charge is 0.254 e. The van der Waals surface area contributed by atoms with Crippen LogP contribution in [-0.4, -0.2) is 45.8 Å². The Bertz CT molecular complexity index is 1370. The lowest BCUT2D eigenvalue weighted by Crippen LogP contribution is -2.25. The first kappa shape index (κ1) is 24.5. The molecule has 8 heteroatoms. The molecule has 0 unspecified atom stereocenters. The minimum Gasteiger partial charge on any atom is -0.399 e. The van der Waals surface area contributed by atoms with E-state index in [1.165, 1.54) is 4.90 Å². The van der Waals surface area contributed by atoms with Crippen molar-refractivity contribution >= 4 is 17.5 Å². The van der Waals surface area contributed by atoms with Gasteiger partial charge in [-0.15, -0.1) is 0 Å². The molecule has 3 aromatic heterocycles. The van der Waals surface area contributed by atoms with Crippen LogP contribution in [0.1, 0.15) is 27.9 Å². The number of benzene rings is 1. The van der Waals surface area contributed by atoms with Gasteiger partial charge in [0.2, 0.25) is 5.91 Å². The number of amides is 2. The zero-order chi connectivity index (χ0) is 25.5. The van der Waals surface area contributed by atoms with Gasteiger partial charge >= 0.3 is 0 Å². The van der Waals surface area contributed by atoms with Crippen LogP contribution in [0.2, 0.25) is 0 Å². The predicted octanol–water partition coefficient (Wildman–Crippen LogP) is 3.74. The topological polar surface area (TPSA) is 114 Å². The Morgan fingerprint density at radius 1 is 0.917 bits per heavy atom. The monoisotopic (exact) mass is 480 g/mol. The second-order valence-corrected chi connectivity index (χ2v) is 8.65. The molecule has 0 fully saturated rings. The molecule has 0 bridgehead atoms. The minimum absolute atomic E-state index is 0.101. The molecule has 3 N–H and O–H groups in total. The maximum Gasteiger partial charge on any atom is 0.254 e. The van der Waals surface area contributed by atoms with Crippen LogP contribution in [0.5, 0.6) is 0 Å². The zero-order valence-corrected chi connectivity index (χ0v) is 20.3. The third kappa shape index (κ3) is 6.09. The maximum absolute atomic E-state index is 12.6. The third-order valence-corrected chi connectivity index (χ3v) is 5.71. The molecule has 0 atom stereocenters. The molecule has 0 aliphatic carbocycles. The first-order valence-electron chi connectivity index (χ1n) is 11.6. The first-order chi connectivity index (χ1) is 17.4. The highest BCUT2D eigenvalue weighted by Gasteiger charge is 2.16. The summed E-state index contributed by atoms with van der Waals surface area (Å²) < 4.78 is 0. The van der Waals surface area contributed by atoms with Gasteiger partial charge in [0, 0.05) is 74.9 Å². The highest BCUT2D eigenvalue weighted by molar-refractivity contribution is 5.94. The predicted molar refractivity (Wildman–Crippen MR) is 140 cm³/mol. The highest BCUT2D eigenvalue weighted by atomic mass is 16.2. The number of pyridine rings is 3. The van der Waals surface area contributed by atoms with Gasteiger partial charge in [0.05, 0.1) is 11.3 Å². The fraction of sp³-hybridized carbons (Fsp3) is 0.179. The number of carbonyl (C=O) groups excluding carboxylic acids is 2. The van der Waals surface area contributed by atoms with E-state index in [-0.39, 0.29) is 18.4 Å². The lowest BCUT2D eigenvalue weighted by Gasteiger charge is -2.15. The van der Waals surface area contributed by atoms with Gasteiger partial charge in [0.25, 0.3) is 5.91 Å². The van der Waals surface area contributed by atoms with Gasteiger partial charge in [0.15, 0.2) is 0 Å². The highest BCUT2D eigenvalue weighted by Crippen LogP contribution is 2.27. The average molecular weight is 481 g/mol. The Hall–Kier alpha value is -4.59. The van der Waals surface area contributed by atoms with Crippen LogP contribution in [-0.2, 0) is 17.8 Å². The van der Waals surface area contributed by atoms with Crippen molar-refractivity contribution in [2.45, 2.75) is 19.4 Å².